The fourth-order valence-corrected chi connectivity index (χ4v) is 2.82. The molecule has 0 fully saturated rings. The van der Waals surface area contributed by atoms with E-state index in [0.29, 0.717) is 36.0 Å². The maximum atomic E-state index is 11.3. The van der Waals surface area contributed by atoms with Gasteiger partial charge in [-0.2, -0.15) is 0 Å². The number of ether oxygens (including phenoxy) is 2. The van der Waals surface area contributed by atoms with E-state index in [1.807, 2.05) is 37.3 Å². The lowest BCUT2D eigenvalue weighted by molar-refractivity contribution is -0.152. The summed E-state index contributed by atoms with van der Waals surface area (Å²) in [5.41, 5.74) is 0.776. The van der Waals surface area contributed by atoms with Crippen LogP contribution in [0.1, 0.15) is 30.9 Å². The number of aliphatic carboxylic acids is 1. The summed E-state index contributed by atoms with van der Waals surface area (Å²) >= 11 is 0. The number of benzene rings is 2. The lowest BCUT2D eigenvalue weighted by Crippen LogP contribution is -2.38. The average Bonchev–Trinajstić information content (AvgIpc) is 3.10. The molecule has 0 aliphatic rings. The minimum absolute atomic E-state index is 0.301. The first-order chi connectivity index (χ1) is 14.3. The van der Waals surface area contributed by atoms with Crippen LogP contribution in [0.5, 0.6) is 11.5 Å². The number of carbonyl (C=O) groups is 1. The molecule has 1 aromatic heterocycles. The first-order valence-electron chi connectivity index (χ1n) is 9.61. The Morgan fingerprint density at radius 1 is 1.17 bits per heavy atom. The molecule has 2 N–H and O–H groups in total. The minimum atomic E-state index is -1.41. The fraction of sp³-hybridized carbons (Fsp3) is 0.304. The van der Waals surface area contributed by atoms with E-state index in [-0.39, 0.29) is 6.61 Å². The number of carboxylic acids is 1. The van der Waals surface area contributed by atoms with E-state index in [4.69, 9.17) is 13.9 Å². The number of nitrogens with zero attached hydrogens (tertiary/aromatic N) is 1. The summed E-state index contributed by atoms with van der Waals surface area (Å²) in [7, 11) is 0. The van der Waals surface area contributed by atoms with Crippen molar-refractivity contribution in [2.45, 2.75) is 39.4 Å². The van der Waals surface area contributed by atoms with Crippen molar-refractivity contribution < 1.29 is 28.9 Å². The Morgan fingerprint density at radius 3 is 2.57 bits per heavy atom. The van der Waals surface area contributed by atoms with E-state index in [9.17, 15) is 15.0 Å². The van der Waals surface area contributed by atoms with Crippen LogP contribution in [0.4, 0.5) is 0 Å². The number of oxazole rings is 1. The summed E-state index contributed by atoms with van der Waals surface area (Å²) in [5, 5.41) is 18.8. The Balaban J connectivity index is 1.64. The fourth-order valence-electron chi connectivity index (χ4n) is 2.82. The van der Waals surface area contributed by atoms with E-state index in [1.54, 1.807) is 18.2 Å². The van der Waals surface area contributed by atoms with Crippen LogP contribution in [0.15, 0.2) is 52.9 Å². The van der Waals surface area contributed by atoms with Gasteiger partial charge in [-0.05, 0) is 51.1 Å². The van der Waals surface area contributed by atoms with E-state index in [0.717, 1.165) is 17.0 Å². The third kappa shape index (κ3) is 4.99. The Kier molecular flexibility index (Phi) is 6.42. The van der Waals surface area contributed by atoms with E-state index in [1.165, 1.54) is 13.8 Å². The van der Waals surface area contributed by atoms with Gasteiger partial charge in [-0.1, -0.05) is 18.2 Å². The Hall–Kier alpha value is -3.32. The number of hydrogen-bond acceptors (Lipinski definition) is 6. The van der Waals surface area contributed by atoms with Crippen molar-refractivity contribution >= 4 is 5.97 Å². The zero-order valence-corrected chi connectivity index (χ0v) is 17.2. The molecule has 158 valence electrons. The van der Waals surface area contributed by atoms with Crippen LogP contribution in [0.2, 0.25) is 0 Å². The number of rotatable bonds is 9. The molecule has 7 nitrogen and oxygen atoms in total. The van der Waals surface area contributed by atoms with Crippen molar-refractivity contribution in [3.8, 4) is 23.0 Å². The second-order valence-corrected chi connectivity index (χ2v) is 7.33. The molecule has 0 saturated heterocycles. The van der Waals surface area contributed by atoms with Gasteiger partial charge in [-0.15, -0.1) is 0 Å². The predicted molar refractivity (Wildman–Crippen MR) is 111 cm³/mol. The SMILES string of the molecule is Cc1oc(-c2ccccc2)nc1CCOc1ccc(OC(C)(C)C(=O)O)c(CO)c1. The van der Waals surface area contributed by atoms with Gasteiger partial charge < -0.3 is 24.1 Å². The van der Waals surface area contributed by atoms with Gasteiger partial charge in [0.2, 0.25) is 5.89 Å². The van der Waals surface area contributed by atoms with Crippen molar-refractivity contribution in [2.75, 3.05) is 6.61 Å². The Labute approximate surface area is 174 Å². The molecule has 0 aliphatic heterocycles. The molecule has 0 unspecified atom stereocenters. The number of hydrogen-bond donors (Lipinski definition) is 2. The molecular formula is C23H25NO6. The molecule has 2 aromatic carbocycles. The highest BCUT2D eigenvalue weighted by molar-refractivity contribution is 5.76. The quantitative estimate of drug-likeness (QED) is 0.548. The first-order valence-corrected chi connectivity index (χ1v) is 9.61. The monoisotopic (exact) mass is 411 g/mol. The molecule has 30 heavy (non-hydrogen) atoms. The summed E-state index contributed by atoms with van der Waals surface area (Å²) < 4.78 is 17.1. The number of aromatic nitrogens is 1. The maximum absolute atomic E-state index is 11.3. The average molecular weight is 411 g/mol. The van der Waals surface area contributed by atoms with Gasteiger partial charge >= 0.3 is 5.97 Å². The number of carboxylic acid groups (broad SMARTS) is 1. The van der Waals surface area contributed by atoms with Gasteiger partial charge in [0, 0.05) is 17.5 Å². The van der Waals surface area contributed by atoms with Gasteiger partial charge in [0.1, 0.15) is 17.3 Å². The molecule has 0 saturated carbocycles. The molecule has 0 radical (unpaired) electrons. The van der Waals surface area contributed by atoms with E-state index < -0.39 is 11.6 Å². The van der Waals surface area contributed by atoms with Crippen LogP contribution in [0.25, 0.3) is 11.5 Å². The molecule has 1 heterocycles. The van der Waals surface area contributed by atoms with Crippen LogP contribution in [-0.4, -0.2) is 33.4 Å². The van der Waals surface area contributed by atoms with Crippen LogP contribution < -0.4 is 9.47 Å². The first kappa shape index (κ1) is 21.4. The highest BCUT2D eigenvalue weighted by Gasteiger charge is 2.30. The standard InChI is InChI=1S/C23H25NO6/c1-15-19(24-21(29-15)16-7-5-4-6-8-16)11-12-28-18-9-10-20(17(13-18)14-25)30-23(2,3)22(26)27/h4-10,13,25H,11-12,14H2,1-3H3,(H,26,27). The van der Waals surface area contributed by atoms with E-state index >= 15 is 0 Å². The lowest BCUT2D eigenvalue weighted by atomic mass is 10.1. The molecule has 0 atom stereocenters. The Morgan fingerprint density at radius 2 is 1.90 bits per heavy atom. The second kappa shape index (κ2) is 9.00. The molecule has 0 aliphatic carbocycles. The summed E-state index contributed by atoms with van der Waals surface area (Å²) in [4.78, 5) is 15.8. The van der Waals surface area contributed by atoms with Crippen LogP contribution >= 0.6 is 0 Å². The largest absolute Gasteiger partial charge is 0.493 e. The molecule has 3 aromatic rings. The normalized spacial score (nSPS) is 11.3. The van der Waals surface area contributed by atoms with Crippen molar-refractivity contribution in [3.63, 3.8) is 0 Å². The maximum Gasteiger partial charge on any atom is 0.347 e. The summed E-state index contributed by atoms with van der Waals surface area (Å²) in [6.07, 6.45) is 0.556. The number of aliphatic hydroxyl groups excluding tert-OH is 1. The van der Waals surface area contributed by atoms with Crippen LogP contribution in [0, 0.1) is 6.92 Å². The van der Waals surface area contributed by atoms with Gasteiger partial charge in [0.05, 0.1) is 18.9 Å². The van der Waals surface area contributed by atoms with Gasteiger partial charge in [-0.3, -0.25) is 0 Å². The van der Waals surface area contributed by atoms with Gasteiger partial charge in [-0.25, -0.2) is 9.78 Å². The Bertz CT molecular complexity index is 1010. The number of aliphatic hydroxyl groups is 1. The lowest BCUT2D eigenvalue weighted by Gasteiger charge is -2.23. The van der Waals surface area contributed by atoms with Crippen molar-refractivity contribution in [3.05, 3.63) is 65.5 Å². The topological polar surface area (TPSA) is 102 Å². The summed E-state index contributed by atoms with van der Waals surface area (Å²) in [6.45, 7) is 4.84. The smallest absolute Gasteiger partial charge is 0.347 e. The van der Waals surface area contributed by atoms with Crippen LogP contribution in [0.3, 0.4) is 0 Å². The molecule has 0 spiro atoms. The second-order valence-electron chi connectivity index (χ2n) is 7.33. The molecule has 3 rings (SSSR count). The van der Waals surface area contributed by atoms with Crippen molar-refractivity contribution in [2.24, 2.45) is 0 Å². The number of aryl methyl sites for hydroxylation is 1. The summed E-state index contributed by atoms with van der Waals surface area (Å²) in [6, 6.07) is 14.6. The highest BCUT2D eigenvalue weighted by atomic mass is 16.5. The molecule has 0 bridgehead atoms. The summed E-state index contributed by atoms with van der Waals surface area (Å²) in [5.74, 6) is 1.08. The third-order valence-electron chi connectivity index (χ3n) is 4.60. The highest BCUT2D eigenvalue weighted by Crippen LogP contribution is 2.28. The van der Waals surface area contributed by atoms with Crippen molar-refractivity contribution in [1.82, 2.24) is 4.98 Å². The molecule has 0 amide bonds. The molecular weight excluding hydrogens is 386 g/mol. The van der Waals surface area contributed by atoms with Crippen LogP contribution in [-0.2, 0) is 17.8 Å². The van der Waals surface area contributed by atoms with E-state index in [2.05, 4.69) is 4.98 Å². The van der Waals surface area contributed by atoms with Gasteiger partial charge in [0.25, 0.3) is 0 Å². The third-order valence-corrected chi connectivity index (χ3v) is 4.60. The zero-order valence-electron chi connectivity index (χ0n) is 17.2. The predicted octanol–water partition coefficient (Wildman–Crippen LogP) is 4.01. The van der Waals surface area contributed by atoms with Crippen molar-refractivity contribution in [1.29, 1.82) is 0 Å². The minimum Gasteiger partial charge on any atom is -0.493 e. The zero-order chi connectivity index (χ0) is 21.7. The van der Waals surface area contributed by atoms with Gasteiger partial charge in [0.15, 0.2) is 5.60 Å². The molecule has 7 heteroatoms.